The molecule has 2 N–H and O–H groups in total. The molecular weight excluding hydrogens is 372 g/mol. The number of hydrogen-bond donors (Lipinski definition) is 2. The Hall–Kier alpha value is -2.78. The van der Waals surface area contributed by atoms with Crippen LogP contribution in [0.1, 0.15) is 62.3 Å². The molecule has 154 valence electrons. The van der Waals surface area contributed by atoms with Crippen LogP contribution in [0.3, 0.4) is 0 Å². The van der Waals surface area contributed by atoms with E-state index < -0.39 is 6.10 Å². The van der Waals surface area contributed by atoms with Crippen molar-refractivity contribution < 1.29 is 14.9 Å². The Balaban J connectivity index is 1.61. The Morgan fingerprint density at radius 1 is 1.07 bits per heavy atom. The maximum Gasteiger partial charge on any atom is 0.127 e. The Labute approximate surface area is 177 Å². The molecule has 1 heterocycles. The van der Waals surface area contributed by atoms with Crippen LogP contribution in [0.15, 0.2) is 66.2 Å². The van der Waals surface area contributed by atoms with Crippen LogP contribution in [0.2, 0.25) is 0 Å². The molecule has 0 radical (unpaired) electrons. The molecule has 0 fully saturated rings. The van der Waals surface area contributed by atoms with E-state index in [0.717, 1.165) is 34.7 Å². The summed E-state index contributed by atoms with van der Waals surface area (Å²) >= 11 is 0. The van der Waals surface area contributed by atoms with E-state index in [9.17, 15) is 10.2 Å². The minimum absolute atomic E-state index is 0.224. The molecule has 3 aromatic carbocycles. The Bertz CT molecular complexity index is 1150. The number of fused-ring (bicyclic) bond motifs is 4. The first-order chi connectivity index (χ1) is 14.3. The summed E-state index contributed by atoms with van der Waals surface area (Å²) in [5.74, 6) is 1.48. The number of aromatic hydroxyl groups is 1. The number of aliphatic hydroxyl groups excluding tert-OH is 1. The third-order valence-corrected chi connectivity index (χ3v) is 6.96. The average Bonchev–Trinajstić information content (AvgIpc) is 2.71. The smallest absolute Gasteiger partial charge is 0.127 e. The zero-order valence-corrected chi connectivity index (χ0v) is 17.7. The highest BCUT2D eigenvalue weighted by atomic mass is 16.5. The van der Waals surface area contributed by atoms with Crippen LogP contribution in [0.4, 0.5) is 0 Å². The van der Waals surface area contributed by atoms with E-state index in [-0.39, 0.29) is 17.3 Å². The van der Waals surface area contributed by atoms with Crippen molar-refractivity contribution in [1.82, 2.24) is 0 Å². The molecule has 5 rings (SSSR count). The van der Waals surface area contributed by atoms with Gasteiger partial charge in [0.05, 0.1) is 0 Å². The van der Waals surface area contributed by atoms with Crippen molar-refractivity contribution in [2.24, 2.45) is 5.92 Å². The number of rotatable bonds is 2. The summed E-state index contributed by atoms with van der Waals surface area (Å²) in [7, 11) is 0. The largest absolute Gasteiger partial charge is 0.508 e. The van der Waals surface area contributed by atoms with Crippen LogP contribution in [0.5, 0.6) is 11.5 Å². The van der Waals surface area contributed by atoms with Crippen molar-refractivity contribution in [2.45, 2.75) is 51.2 Å². The molecule has 0 spiro atoms. The van der Waals surface area contributed by atoms with E-state index in [4.69, 9.17) is 4.74 Å². The predicted octanol–water partition coefficient (Wildman–Crippen LogP) is 6.24. The van der Waals surface area contributed by atoms with E-state index in [2.05, 4.69) is 26.8 Å². The summed E-state index contributed by atoms with van der Waals surface area (Å²) in [4.78, 5) is 0. The maximum absolute atomic E-state index is 11.2. The van der Waals surface area contributed by atoms with Crippen molar-refractivity contribution in [3.05, 3.63) is 82.9 Å². The van der Waals surface area contributed by atoms with Gasteiger partial charge in [0, 0.05) is 17.4 Å². The third kappa shape index (κ3) is 3.00. The lowest BCUT2D eigenvalue weighted by Crippen LogP contribution is -2.45. The number of allylic oxidation sites excluding steroid dienone is 2. The van der Waals surface area contributed by atoms with Gasteiger partial charge in [0.2, 0.25) is 0 Å². The van der Waals surface area contributed by atoms with Crippen LogP contribution in [0.25, 0.3) is 10.8 Å². The van der Waals surface area contributed by atoms with Gasteiger partial charge in [0.25, 0.3) is 0 Å². The zero-order valence-electron chi connectivity index (χ0n) is 17.7. The molecule has 1 unspecified atom stereocenters. The topological polar surface area (TPSA) is 49.7 Å². The summed E-state index contributed by atoms with van der Waals surface area (Å²) in [6, 6.07) is 17.6. The number of hydrogen-bond acceptors (Lipinski definition) is 3. The van der Waals surface area contributed by atoms with Gasteiger partial charge in [0.15, 0.2) is 0 Å². The molecule has 3 nitrogen and oxygen atoms in total. The van der Waals surface area contributed by atoms with Gasteiger partial charge in [-0.2, -0.15) is 0 Å². The Morgan fingerprint density at radius 2 is 1.83 bits per heavy atom. The SMILES string of the molecule is CC1=CC[C@@H]2[C@@H](C1)c1c(O)cc(C(O)c3cccc4ccccc34)cc1OC2(C)C. The molecule has 2 aliphatic rings. The number of aliphatic hydroxyl groups is 1. The number of benzene rings is 3. The summed E-state index contributed by atoms with van der Waals surface area (Å²) in [5, 5.41) is 24.4. The lowest BCUT2D eigenvalue weighted by Gasteiger charge is -2.47. The maximum atomic E-state index is 11.2. The molecule has 3 atom stereocenters. The van der Waals surface area contributed by atoms with E-state index in [1.807, 2.05) is 48.5 Å². The second-order valence-electron chi connectivity index (χ2n) is 9.33. The molecule has 3 aromatic rings. The van der Waals surface area contributed by atoms with Gasteiger partial charge in [-0.3, -0.25) is 0 Å². The zero-order chi connectivity index (χ0) is 21.0. The molecule has 3 heteroatoms. The lowest BCUT2D eigenvalue weighted by atomic mass is 9.67. The van der Waals surface area contributed by atoms with E-state index in [1.54, 1.807) is 6.07 Å². The Morgan fingerprint density at radius 3 is 2.67 bits per heavy atom. The summed E-state index contributed by atoms with van der Waals surface area (Å²) < 4.78 is 6.42. The predicted molar refractivity (Wildman–Crippen MR) is 120 cm³/mol. The molecule has 0 bridgehead atoms. The van der Waals surface area contributed by atoms with Crippen molar-refractivity contribution >= 4 is 10.8 Å². The van der Waals surface area contributed by atoms with Crippen molar-refractivity contribution in [1.29, 1.82) is 0 Å². The van der Waals surface area contributed by atoms with E-state index >= 15 is 0 Å². The standard InChI is InChI=1S/C27H28O3/c1-16-11-12-22-21(13-16)25-23(28)14-18(15-24(25)30-27(22,2)3)26(29)20-10-6-8-17-7-4-5-9-19(17)20/h4-11,14-15,21-22,26,28-29H,12-13H2,1-3H3/t21-,22-,26?/m1/s1. The van der Waals surface area contributed by atoms with Crippen LogP contribution >= 0.6 is 0 Å². The van der Waals surface area contributed by atoms with Crippen LogP contribution in [-0.4, -0.2) is 15.8 Å². The normalized spacial score (nSPS) is 23.1. The molecule has 0 amide bonds. The minimum atomic E-state index is -0.843. The highest BCUT2D eigenvalue weighted by Crippen LogP contribution is 2.54. The summed E-state index contributed by atoms with van der Waals surface area (Å²) in [5.41, 5.74) is 3.40. The summed E-state index contributed by atoms with van der Waals surface area (Å²) in [6.45, 7) is 6.42. The number of phenolic OH excluding ortho intramolecular Hbond substituents is 1. The van der Waals surface area contributed by atoms with Gasteiger partial charge < -0.3 is 14.9 Å². The van der Waals surface area contributed by atoms with Gasteiger partial charge in [-0.25, -0.2) is 0 Å². The molecule has 0 aromatic heterocycles. The monoisotopic (exact) mass is 400 g/mol. The van der Waals surface area contributed by atoms with Gasteiger partial charge in [-0.05, 0) is 67.6 Å². The van der Waals surface area contributed by atoms with Crippen molar-refractivity contribution in [3.8, 4) is 11.5 Å². The van der Waals surface area contributed by atoms with Crippen LogP contribution in [-0.2, 0) is 0 Å². The van der Waals surface area contributed by atoms with Crippen LogP contribution in [0, 0.1) is 5.92 Å². The quantitative estimate of drug-likeness (QED) is 0.501. The molecule has 30 heavy (non-hydrogen) atoms. The Kier molecular flexibility index (Phi) is 4.41. The average molecular weight is 401 g/mol. The van der Waals surface area contributed by atoms with Gasteiger partial charge >= 0.3 is 0 Å². The molecule has 1 aliphatic heterocycles. The van der Waals surface area contributed by atoms with Crippen molar-refractivity contribution in [3.63, 3.8) is 0 Å². The van der Waals surface area contributed by atoms with Gasteiger partial charge in [-0.1, -0.05) is 54.1 Å². The second kappa shape index (κ2) is 6.88. The molecular formula is C27H28O3. The number of ether oxygens (including phenoxy) is 1. The molecule has 0 saturated heterocycles. The number of phenols is 1. The molecule has 1 aliphatic carbocycles. The molecule has 0 saturated carbocycles. The van der Waals surface area contributed by atoms with Crippen molar-refractivity contribution in [2.75, 3.05) is 0 Å². The fraction of sp³-hybridized carbons (Fsp3) is 0.333. The second-order valence-corrected chi connectivity index (χ2v) is 9.33. The fourth-order valence-electron chi connectivity index (χ4n) is 5.41. The van der Waals surface area contributed by atoms with Gasteiger partial charge in [-0.15, -0.1) is 0 Å². The van der Waals surface area contributed by atoms with Crippen LogP contribution < -0.4 is 4.74 Å². The third-order valence-electron chi connectivity index (χ3n) is 6.96. The highest BCUT2D eigenvalue weighted by molar-refractivity contribution is 5.86. The summed E-state index contributed by atoms with van der Waals surface area (Å²) in [6.07, 6.45) is 3.35. The fourth-order valence-corrected chi connectivity index (χ4v) is 5.41. The van der Waals surface area contributed by atoms with E-state index in [1.165, 1.54) is 5.57 Å². The highest BCUT2D eigenvalue weighted by Gasteiger charge is 2.45. The first kappa shape index (κ1) is 19.2. The van der Waals surface area contributed by atoms with E-state index in [0.29, 0.717) is 17.2 Å². The first-order valence-corrected chi connectivity index (χ1v) is 10.7. The minimum Gasteiger partial charge on any atom is -0.508 e. The first-order valence-electron chi connectivity index (χ1n) is 10.7. The van der Waals surface area contributed by atoms with Gasteiger partial charge in [0.1, 0.15) is 23.2 Å². The lowest BCUT2D eigenvalue weighted by molar-refractivity contribution is 0.00732.